The number of benzene rings is 1. The standard InChI is InChI=1S/C13H16O/c1-9(2)12-11(8-14)13(12)10-6-4-3-5-7-10/h3-7,9,11,14H,8H2,1-2H3. The third-order valence-electron chi connectivity index (χ3n) is 2.84. The lowest BCUT2D eigenvalue weighted by molar-refractivity contribution is 0.282. The molecule has 0 amide bonds. The molecular formula is C13H16O. The van der Waals surface area contributed by atoms with Crippen LogP contribution in [-0.2, 0) is 0 Å². The fourth-order valence-corrected chi connectivity index (χ4v) is 2.18. The van der Waals surface area contributed by atoms with Gasteiger partial charge in [0.2, 0.25) is 0 Å². The Morgan fingerprint density at radius 1 is 1.21 bits per heavy atom. The molecule has 1 N–H and O–H groups in total. The van der Waals surface area contributed by atoms with Gasteiger partial charge in [0.15, 0.2) is 0 Å². The second-order valence-corrected chi connectivity index (χ2v) is 4.12. The zero-order valence-electron chi connectivity index (χ0n) is 8.70. The van der Waals surface area contributed by atoms with Crippen LogP contribution in [-0.4, -0.2) is 11.7 Å². The van der Waals surface area contributed by atoms with Crippen molar-refractivity contribution in [3.63, 3.8) is 0 Å². The molecule has 0 saturated heterocycles. The molecule has 0 bridgehead atoms. The number of hydrogen-bond donors (Lipinski definition) is 1. The summed E-state index contributed by atoms with van der Waals surface area (Å²) in [6.07, 6.45) is 0. The fraction of sp³-hybridized carbons (Fsp3) is 0.385. The molecule has 2 rings (SSSR count). The van der Waals surface area contributed by atoms with Gasteiger partial charge in [0, 0.05) is 5.92 Å². The minimum atomic E-state index is 0.262. The van der Waals surface area contributed by atoms with Gasteiger partial charge in [-0.2, -0.15) is 0 Å². The highest BCUT2D eigenvalue weighted by atomic mass is 16.3. The molecule has 0 aromatic heterocycles. The first-order valence-electron chi connectivity index (χ1n) is 5.16. The highest BCUT2D eigenvalue weighted by Gasteiger charge is 2.37. The smallest absolute Gasteiger partial charge is 0.0537 e. The molecule has 0 saturated carbocycles. The Labute approximate surface area is 85.1 Å². The number of rotatable bonds is 3. The topological polar surface area (TPSA) is 20.2 Å². The molecule has 14 heavy (non-hydrogen) atoms. The first-order chi connectivity index (χ1) is 6.75. The Hall–Kier alpha value is -1.08. The van der Waals surface area contributed by atoms with E-state index in [4.69, 9.17) is 0 Å². The molecule has 0 heterocycles. The lowest BCUT2D eigenvalue weighted by atomic mass is 10.1. The minimum Gasteiger partial charge on any atom is -0.395 e. The Morgan fingerprint density at radius 3 is 2.29 bits per heavy atom. The fourth-order valence-electron chi connectivity index (χ4n) is 2.18. The summed E-state index contributed by atoms with van der Waals surface area (Å²) < 4.78 is 0. The normalized spacial score (nSPS) is 20.4. The lowest BCUT2D eigenvalue weighted by Crippen LogP contribution is -1.94. The van der Waals surface area contributed by atoms with E-state index >= 15 is 0 Å². The SMILES string of the molecule is CC(C)C1=C(c2ccccc2)C1CO. The van der Waals surface area contributed by atoms with E-state index in [0.29, 0.717) is 11.8 Å². The van der Waals surface area contributed by atoms with E-state index in [-0.39, 0.29) is 6.61 Å². The zero-order valence-corrected chi connectivity index (χ0v) is 8.70. The zero-order chi connectivity index (χ0) is 10.1. The third-order valence-corrected chi connectivity index (χ3v) is 2.84. The van der Waals surface area contributed by atoms with E-state index in [0.717, 1.165) is 0 Å². The molecule has 1 aromatic rings. The van der Waals surface area contributed by atoms with Crippen LogP contribution in [0.1, 0.15) is 19.4 Å². The van der Waals surface area contributed by atoms with Gasteiger partial charge in [-0.15, -0.1) is 0 Å². The summed E-state index contributed by atoms with van der Waals surface area (Å²) in [7, 11) is 0. The number of aliphatic hydroxyl groups is 1. The molecule has 0 fully saturated rings. The Bertz CT molecular complexity index is 349. The van der Waals surface area contributed by atoms with Crippen molar-refractivity contribution < 1.29 is 5.11 Å². The van der Waals surface area contributed by atoms with Gasteiger partial charge in [0.05, 0.1) is 6.61 Å². The molecule has 1 unspecified atom stereocenters. The Kier molecular flexibility index (Phi) is 2.42. The van der Waals surface area contributed by atoms with Crippen LogP contribution in [0.25, 0.3) is 5.57 Å². The van der Waals surface area contributed by atoms with Gasteiger partial charge in [-0.3, -0.25) is 0 Å². The molecule has 0 radical (unpaired) electrons. The van der Waals surface area contributed by atoms with Gasteiger partial charge >= 0.3 is 0 Å². The van der Waals surface area contributed by atoms with Crippen LogP contribution in [0.4, 0.5) is 0 Å². The van der Waals surface area contributed by atoms with Crippen molar-refractivity contribution in [2.45, 2.75) is 13.8 Å². The van der Waals surface area contributed by atoms with Crippen LogP contribution in [0.15, 0.2) is 35.9 Å². The van der Waals surface area contributed by atoms with Gasteiger partial charge in [-0.25, -0.2) is 0 Å². The van der Waals surface area contributed by atoms with E-state index in [2.05, 4.69) is 26.0 Å². The van der Waals surface area contributed by atoms with Gasteiger partial charge in [0.1, 0.15) is 0 Å². The molecule has 74 valence electrons. The Morgan fingerprint density at radius 2 is 1.86 bits per heavy atom. The summed E-state index contributed by atoms with van der Waals surface area (Å²) in [5, 5.41) is 9.22. The van der Waals surface area contributed by atoms with Crippen LogP contribution in [0.2, 0.25) is 0 Å². The summed E-state index contributed by atoms with van der Waals surface area (Å²) in [6, 6.07) is 10.4. The molecular weight excluding hydrogens is 172 g/mol. The summed E-state index contributed by atoms with van der Waals surface area (Å²) >= 11 is 0. The Balaban J connectivity index is 2.28. The van der Waals surface area contributed by atoms with E-state index in [9.17, 15) is 5.11 Å². The molecule has 1 nitrogen and oxygen atoms in total. The predicted molar refractivity (Wildman–Crippen MR) is 58.8 cm³/mol. The van der Waals surface area contributed by atoms with Crippen LogP contribution in [0.5, 0.6) is 0 Å². The summed E-state index contributed by atoms with van der Waals surface area (Å²) in [6.45, 7) is 4.64. The van der Waals surface area contributed by atoms with Crippen LogP contribution in [0, 0.1) is 11.8 Å². The highest BCUT2D eigenvalue weighted by molar-refractivity contribution is 5.86. The van der Waals surface area contributed by atoms with Gasteiger partial charge in [0.25, 0.3) is 0 Å². The second-order valence-electron chi connectivity index (χ2n) is 4.12. The van der Waals surface area contributed by atoms with Crippen molar-refractivity contribution in [2.75, 3.05) is 6.61 Å². The largest absolute Gasteiger partial charge is 0.395 e. The molecule has 1 aliphatic carbocycles. The van der Waals surface area contributed by atoms with E-state index < -0.39 is 0 Å². The average molecular weight is 188 g/mol. The molecule has 0 spiro atoms. The highest BCUT2D eigenvalue weighted by Crippen LogP contribution is 2.50. The first kappa shape index (κ1) is 9.47. The van der Waals surface area contributed by atoms with Crippen molar-refractivity contribution in [1.29, 1.82) is 0 Å². The molecule has 1 heteroatoms. The van der Waals surface area contributed by atoms with Crippen molar-refractivity contribution >= 4 is 5.57 Å². The van der Waals surface area contributed by atoms with Crippen LogP contribution < -0.4 is 0 Å². The van der Waals surface area contributed by atoms with Gasteiger partial charge in [-0.1, -0.05) is 49.8 Å². The average Bonchev–Trinajstić information content (AvgIpc) is 2.93. The first-order valence-corrected chi connectivity index (χ1v) is 5.16. The predicted octanol–water partition coefficient (Wildman–Crippen LogP) is 2.72. The third kappa shape index (κ3) is 1.48. The molecule has 1 atom stereocenters. The van der Waals surface area contributed by atoms with E-state index in [1.165, 1.54) is 16.7 Å². The summed E-state index contributed by atoms with van der Waals surface area (Å²) in [5.41, 5.74) is 4.07. The number of aliphatic hydroxyl groups excluding tert-OH is 1. The van der Waals surface area contributed by atoms with Gasteiger partial charge in [-0.05, 0) is 17.1 Å². The summed E-state index contributed by atoms with van der Waals surface area (Å²) in [5.74, 6) is 0.889. The van der Waals surface area contributed by atoms with Crippen molar-refractivity contribution in [3.05, 3.63) is 41.5 Å². The lowest BCUT2D eigenvalue weighted by Gasteiger charge is -1.97. The minimum absolute atomic E-state index is 0.262. The maximum absolute atomic E-state index is 9.22. The van der Waals surface area contributed by atoms with Crippen molar-refractivity contribution in [2.24, 2.45) is 11.8 Å². The van der Waals surface area contributed by atoms with Crippen LogP contribution >= 0.6 is 0 Å². The molecule has 1 aromatic carbocycles. The number of hydrogen-bond acceptors (Lipinski definition) is 1. The van der Waals surface area contributed by atoms with Crippen LogP contribution in [0.3, 0.4) is 0 Å². The van der Waals surface area contributed by atoms with E-state index in [1.54, 1.807) is 0 Å². The quantitative estimate of drug-likeness (QED) is 0.773. The van der Waals surface area contributed by atoms with Gasteiger partial charge < -0.3 is 5.11 Å². The van der Waals surface area contributed by atoms with Crippen molar-refractivity contribution in [3.8, 4) is 0 Å². The maximum Gasteiger partial charge on any atom is 0.0537 e. The maximum atomic E-state index is 9.22. The van der Waals surface area contributed by atoms with E-state index in [1.807, 2.05) is 18.2 Å². The second kappa shape index (κ2) is 3.58. The summed E-state index contributed by atoms with van der Waals surface area (Å²) in [4.78, 5) is 0. The van der Waals surface area contributed by atoms with Crippen molar-refractivity contribution in [1.82, 2.24) is 0 Å². The molecule has 1 aliphatic rings. The monoisotopic (exact) mass is 188 g/mol. The molecule has 0 aliphatic heterocycles.